The number of nitrogens with two attached hydrogens (primary N) is 1. The number of carbonyl (C=O) groups is 1. The van der Waals surface area contributed by atoms with Crippen molar-refractivity contribution in [2.24, 2.45) is 5.73 Å². The fraction of sp³-hybridized carbons (Fsp3) is 0.364. The first-order valence-electron chi connectivity index (χ1n) is 4.78. The Bertz CT molecular complexity index is 313. The molecule has 3 N–H and O–H groups in total. The van der Waals surface area contributed by atoms with E-state index in [0.717, 1.165) is 0 Å². The van der Waals surface area contributed by atoms with Gasteiger partial charge in [-0.15, -0.1) is 0 Å². The third-order valence-electron chi connectivity index (χ3n) is 2.03. The Hall–Kier alpha value is -1.39. The molecule has 4 nitrogen and oxygen atoms in total. The van der Waals surface area contributed by atoms with E-state index in [2.05, 4.69) is 0 Å². The molecule has 2 unspecified atom stereocenters. The third-order valence-corrected chi connectivity index (χ3v) is 2.03. The number of benzene rings is 1. The first-order valence-corrected chi connectivity index (χ1v) is 4.78. The summed E-state index contributed by atoms with van der Waals surface area (Å²) in [5, 5.41) is 9.01. The molecule has 0 heterocycles. The second-order valence-corrected chi connectivity index (χ2v) is 3.31. The van der Waals surface area contributed by atoms with E-state index in [0.29, 0.717) is 12.1 Å². The lowest BCUT2D eigenvalue weighted by Gasteiger charge is -2.18. The molecule has 0 bridgehead atoms. The van der Waals surface area contributed by atoms with Gasteiger partial charge in [0.15, 0.2) is 6.10 Å². The Balaban J connectivity index is 2.80. The zero-order valence-corrected chi connectivity index (χ0v) is 8.59. The maximum absolute atomic E-state index is 11.0. The molecular formula is C11H15NO3. The lowest BCUT2D eigenvalue weighted by atomic mass is 10.1. The zero-order chi connectivity index (χ0) is 11.3. The molecular weight excluding hydrogens is 194 g/mol. The van der Waals surface area contributed by atoms with Crippen LogP contribution in [-0.2, 0) is 9.53 Å². The Kier molecular flexibility index (Phi) is 4.27. The lowest BCUT2D eigenvalue weighted by Crippen LogP contribution is -2.26. The molecule has 0 spiro atoms. The fourth-order valence-corrected chi connectivity index (χ4v) is 1.20. The average molecular weight is 209 g/mol. The number of aliphatic carboxylic acids is 1. The number of ether oxygens (including phenoxy) is 1. The van der Waals surface area contributed by atoms with Crippen LogP contribution >= 0.6 is 0 Å². The van der Waals surface area contributed by atoms with Crippen LogP contribution < -0.4 is 5.73 Å². The summed E-state index contributed by atoms with van der Waals surface area (Å²) in [6, 6.07) is 8.84. The zero-order valence-electron chi connectivity index (χ0n) is 8.59. The van der Waals surface area contributed by atoms with E-state index in [1.54, 1.807) is 31.2 Å². The van der Waals surface area contributed by atoms with E-state index in [1.807, 2.05) is 6.07 Å². The molecule has 1 aromatic rings. The molecule has 0 aliphatic rings. The van der Waals surface area contributed by atoms with Gasteiger partial charge in [0, 0.05) is 6.54 Å². The lowest BCUT2D eigenvalue weighted by molar-refractivity contribution is -0.154. The largest absolute Gasteiger partial charge is 0.479 e. The molecule has 2 atom stereocenters. The highest BCUT2D eigenvalue weighted by atomic mass is 16.5. The van der Waals surface area contributed by atoms with E-state index < -0.39 is 12.1 Å². The van der Waals surface area contributed by atoms with Crippen LogP contribution in [0.5, 0.6) is 0 Å². The minimum atomic E-state index is -0.999. The SMILES string of the molecule is CC(CN)OC(C(=O)O)c1ccccc1. The van der Waals surface area contributed by atoms with Crippen LogP contribution in [0.15, 0.2) is 30.3 Å². The van der Waals surface area contributed by atoms with Crippen molar-refractivity contribution < 1.29 is 14.6 Å². The van der Waals surface area contributed by atoms with Gasteiger partial charge in [0.25, 0.3) is 0 Å². The maximum atomic E-state index is 11.0. The van der Waals surface area contributed by atoms with Gasteiger partial charge in [0.2, 0.25) is 0 Å². The van der Waals surface area contributed by atoms with Gasteiger partial charge >= 0.3 is 5.97 Å². The number of hydrogen-bond donors (Lipinski definition) is 2. The minimum absolute atomic E-state index is 0.272. The topological polar surface area (TPSA) is 72.5 Å². The monoisotopic (exact) mass is 209 g/mol. The van der Waals surface area contributed by atoms with Crippen molar-refractivity contribution in [2.45, 2.75) is 19.1 Å². The normalized spacial score (nSPS) is 14.5. The van der Waals surface area contributed by atoms with Crippen molar-refractivity contribution in [2.75, 3.05) is 6.54 Å². The molecule has 0 aliphatic heterocycles. The van der Waals surface area contributed by atoms with E-state index in [-0.39, 0.29) is 6.10 Å². The Morgan fingerprint density at radius 2 is 2.07 bits per heavy atom. The molecule has 4 heteroatoms. The van der Waals surface area contributed by atoms with Crippen LogP contribution in [0.25, 0.3) is 0 Å². The molecule has 0 amide bonds. The van der Waals surface area contributed by atoms with Gasteiger partial charge in [0.1, 0.15) is 0 Å². The van der Waals surface area contributed by atoms with E-state index in [1.165, 1.54) is 0 Å². The van der Waals surface area contributed by atoms with Gasteiger partial charge in [0.05, 0.1) is 6.10 Å². The second kappa shape index (κ2) is 5.48. The summed E-state index contributed by atoms with van der Waals surface area (Å²) >= 11 is 0. The highest BCUT2D eigenvalue weighted by Gasteiger charge is 2.22. The predicted octanol–water partition coefficient (Wildman–Crippen LogP) is 1.18. The van der Waals surface area contributed by atoms with Crippen molar-refractivity contribution in [3.63, 3.8) is 0 Å². The number of rotatable bonds is 5. The van der Waals surface area contributed by atoms with Crippen molar-refractivity contribution >= 4 is 5.97 Å². The summed E-state index contributed by atoms with van der Waals surface area (Å²) in [5.41, 5.74) is 6.01. The van der Waals surface area contributed by atoms with Crippen LogP contribution in [0.2, 0.25) is 0 Å². The first kappa shape index (κ1) is 11.7. The van der Waals surface area contributed by atoms with Crippen molar-refractivity contribution in [1.29, 1.82) is 0 Å². The van der Waals surface area contributed by atoms with Crippen molar-refractivity contribution in [1.82, 2.24) is 0 Å². The molecule has 0 saturated heterocycles. The summed E-state index contributed by atoms with van der Waals surface area (Å²) in [6.07, 6.45) is -1.21. The van der Waals surface area contributed by atoms with Crippen LogP contribution in [0, 0.1) is 0 Å². The smallest absolute Gasteiger partial charge is 0.337 e. The Morgan fingerprint density at radius 1 is 1.47 bits per heavy atom. The summed E-state index contributed by atoms with van der Waals surface area (Å²) in [4.78, 5) is 11.0. The average Bonchev–Trinajstić information content (AvgIpc) is 2.26. The quantitative estimate of drug-likeness (QED) is 0.763. The minimum Gasteiger partial charge on any atom is -0.479 e. The molecule has 0 aromatic heterocycles. The molecule has 15 heavy (non-hydrogen) atoms. The maximum Gasteiger partial charge on any atom is 0.337 e. The van der Waals surface area contributed by atoms with Crippen LogP contribution in [0.3, 0.4) is 0 Å². The summed E-state index contributed by atoms with van der Waals surface area (Å²) in [7, 11) is 0. The van der Waals surface area contributed by atoms with Crippen LogP contribution in [0.1, 0.15) is 18.6 Å². The van der Waals surface area contributed by atoms with Gasteiger partial charge in [-0.3, -0.25) is 0 Å². The first-order chi connectivity index (χ1) is 7.15. The van der Waals surface area contributed by atoms with Gasteiger partial charge in [-0.2, -0.15) is 0 Å². The second-order valence-electron chi connectivity index (χ2n) is 3.31. The fourth-order valence-electron chi connectivity index (χ4n) is 1.20. The van der Waals surface area contributed by atoms with Crippen LogP contribution in [-0.4, -0.2) is 23.7 Å². The van der Waals surface area contributed by atoms with Crippen molar-refractivity contribution in [3.8, 4) is 0 Å². The highest BCUT2D eigenvalue weighted by molar-refractivity contribution is 5.74. The molecule has 0 radical (unpaired) electrons. The standard InChI is InChI=1S/C11H15NO3/c1-8(7-12)15-10(11(13)14)9-5-3-2-4-6-9/h2-6,8,10H,7,12H2,1H3,(H,13,14). The summed E-state index contributed by atoms with van der Waals surface area (Å²) in [6.45, 7) is 2.05. The summed E-state index contributed by atoms with van der Waals surface area (Å²) in [5.74, 6) is -0.999. The molecule has 1 aromatic carbocycles. The Morgan fingerprint density at radius 3 is 2.53 bits per heavy atom. The molecule has 0 aliphatic carbocycles. The van der Waals surface area contributed by atoms with Gasteiger partial charge in [-0.05, 0) is 12.5 Å². The van der Waals surface area contributed by atoms with Crippen molar-refractivity contribution in [3.05, 3.63) is 35.9 Å². The van der Waals surface area contributed by atoms with Crippen LogP contribution in [0.4, 0.5) is 0 Å². The molecule has 0 saturated carbocycles. The van der Waals surface area contributed by atoms with Gasteiger partial charge in [-0.1, -0.05) is 30.3 Å². The van der Waals surface area contributed by atoms with E-state index >= 15 is 0 Å². The Labute approximate surface area is 88.7 Å². The third kappa shape index (κ3) is 3.34. The predicted molar refractivity (Wildman–Crippen MR) is 56.4 cm³/mol. The number of carboxylic acids is 1. The van der Waals surface area contributed by atoms with E-state index in [4.69, 9.17) is 15.6 Å². The van der Waals surface area contributed by atoms with E-state index in [9.17, 15) is 4.79 Å². The van der Waals surface area contributed by atoms with Gasteiger partial charge in [-0.25, -0.2) is 4.79 Å². The molecule has 0 fully saturated rings. The van der Waals surface area contributed by atoms with Gasteiger partial charge < -0.3 is 15.6 Å². The number of carboxylic acid groups (broad SMARTS) is 1. The number of hydrogen-bond acceptors (Lipinski definition) is 3. The molecule has 1 rings (SSSR count). The summed E-state index contributed by atoms with van der Waals surface area (Å²) < 4.78 is 5.32. The highest BCUT2D eigenvalue weighted by Crippen LogP contribution is 2.18. The molecule has 82 valence electrons.